The molecule has 32 heavy (non-hydrogen) atoms. The molecule has 8 nitrogen and oxygen atoms in total. The van der Waals surface area contributed by atoms with Gasteiger partial charge in [-0.15, -0.1) is 0 Å². The SMILES string of the molecule is COc1cc(C(=O)OCC(=O)c2cc(C)n(C[C@@H]3COc4ccccc4O3)c2C)ccn1. The van der Waals surface area contributed by atoms with Gasteiger partial charge in [-0.05, 0) is 38.1 Å². The zero-order valence-electron chi connectivity index (χ0n) is 18.2. The van der Waals surface area contributed by atoms with E-state index in [4.69, 9.17) is 18.9 Å². The Labute approximate surface area is 185 Å². The largest absolute Gasteiger partial charge is 0.486 e. The van der Waals surface area contributed by atoms with E-state index >= 15 is 0 Å². The molecule has 1 aliphatic rings. The Balaban J connectivity index is 1.41. The normalized spacial score (nSPS) is 14.7. The second-order valence-electron chi connectivity index (χ2n) is 7.48. The van der Waals surface area contributed by atoms with Gasteiger partial charge in [-0.3, -0.25) is 4.79 Å². The summed E-state index contributed by atoms with van der Waals surface area (Å²) in [6.45, 7) is 4.40. The molecular weight excluding hydrogens is 412 g/mol. The number of aryl methyl sites for hydroxylation is 1. The van der Waals surface area contributed by atoms with Crippen LogP contribution in [-0.2, 0) is 11.3 Å². The van der Waals surface area contributed by atoms with E-state index in [-0.39, 0.29) is 24.1 Å². The van der Waals surface area contributed by atoms with E-state index in [1.165, 1.54) is 25.4 Å². The summed E-state index contributed by atoms with van der Waals surface area (Å²) in [4.78, 5) is 29.0. The van der Waals surface area contributed by atoms with Gasteiger partial charge in [0, 0.05) is 29.2 Å². The number of hydrogen-bond acceptors (Lipinski definition) is 7. The predicted molar refractivity (Wildman–Crippen MR) is 116 cm³/mol. The number of aromatic nitrogens is 2. The molecule has 0 amide bonds. The Kier molecular flexibility index (Phi) is 6.11. The van der Waals surface area contributed by atoms with Crippen LogP contribution in [0.3, 0.4) is 0 Å². The molecule has 3 heterocycles. The van der Waals surface area contributed by atoms with Crippen molar-refractivity contribution in [3.05, 3.63) is 71.2 Å². The Bertz CT molecular complexity index is 1150. The first-order valence-corrected chi connectivity index (χ1v) is 10.2. The highest BCUT2D eigenvalue weighted by Gasteiger charge is 2.24. The number of carbonyl (C=O) groups excluding carboxylic acids is 2. The molecule has 3 aromatic rings. The maximum absolute atomic E-state index is 12.8. The number of rotatable bonds is 7. The third kappa shape index (κ3) is 4.44. The second kappa shape index (κ2) is 9.13. The van der Waals surface area contributed by atoms with E-state index in [0.29, 0.717) is 30.3 Å². The molecule has 0 bridgehead atoms. The van der Waals surface area contributed by atoms with Crippen molar-refractivity contribution in [3.8, 4) is 17.4 Å². The molecule has 0 aliphatic carbocycles. The van der Waals surface area contributed by atoms with Crippen LogP contribution in [0.5, 0.6) is 17.4 Å². The molecule has 8 heteroatoms. The number of hydrogen-bond donors (Lipinski definition) is 0. The number of Topliss-reactive ketones (excluding diaryl/α,β-unsaturated/α-hetero) is 1. The Hall–Kier alpha value is -3.81. The molecule has 1 aromatic carbocycles. The summed E-state index contributed by atoms with van der Waals surface area (Å²) < 4.78 is 24.1. The van der Waals surface area contributed by atoms with Crippen molar-refractivity contribution in [2.24, 2.45) is 0 Å². The predicted octanol–water partition coefficient (Wildman–Crippen LogP) is 3.39. The first-order chi connectivity index (χ1) is 15.5. The van der Waals surface area contributed by atoms with Crippen LogP contribution in [0, 0.1) is 13.8 Å². The second-order valence-corrected chi connectivity index (χ2v) is 7.48. The zero-order valence-corrected chi connectivity index (χ0v) is 18.2. The molecule has 0 unspecified atom stereocenters. The fourth-order valence-electron chi connectivity index (χ4n) is 3.66. The Morgan fingerprint density at radius 3 is 2.72 bits per heavy atom. The lowest BCUT2D eigenvalue weighted by Gasteiger charge is -2.27. The highest BCUT2D eigenvalue weighted by Crippen LogP contribution is 2.31. The fourth-order valence-corrected chi connectivity index (χ4v) is 3.66. The number of ketones is 1. The summed E-state index contributed by atoms with van der Waals surface area (Å²) in [5, 5.41) is 0. The number of methoxy groups -OCH3 is 1. The molecule has 4 rings (SSSR count). The van der Waals surface area contributed by atoms with Crippen molar-refractivity contribution in [1.29, 1.82) is 0 Å². The summed E-state index contributed by atoms with van der Waals surface area (Å²) in [6.07, 6.45) is 1.26. The highest BCUT2D eigenvalue weighted by molar-refractivity contribution is 6.00. The molecule has 0 saturated carbocycles. The van der Waals surface area contributed by atoms with E-state index in [9.17, 15) is 9.59 Å². The van der Waals surface area contributed by atoms with E-state index < -0.39 is 5.97 Å². The van der Waals surface area contributed by atoms with Crippen LogP contribution in [0.15, 0.2) is 48.7 Å². The van der Waals surface area contributed by atoms with Gasteiger partial charge in [-0.2, -0.15) is 0 Å². The first-order valence-electron chi connectivity index (χ1n) is 10.2. The topological polar surface area (TPSA) is 88.9 Å². The van der Waals surface area contributed by atoms with Crippen molar-refractivity contribution >= 4 is 11.8 Å². The zero-order chi connectivity index (χ0) is 22.7. The maximum Gasteiger partial charge on any atom is 0.338 e. The Morgan fingerprint density at radius 1 is 1.16 bits per heavy atom. The first kappa shape index (κ1) is 21.4. The number of esters is 1. The van der Waals surface area contributed by atoms with Crippen LogP contribution in [0.25, 0.3) is 0 Å². The maximum atomic E-state index is 12.8. The summed E-state index contributed by atoms with van der Waals surface area (Å²) >= 11 is 0. The van der Waals surface area contributed by atoms with Crippen LogP contribution in [0.1, 0.15) is 32.1 Å². The van der Waals surface area contributed by atoms with E-state index in [1.807, 2.05) is 42.7 Å². The van der Waals surface area contributed by atoms with Crippen LogP contribution in [0.2, 0.25) is 0 Å². The van der Waals surface area contributed by atoms with Crippen molar-refractivity contribution in [1.82, 2.24) is 9.55 Å². The molecule has 2 aromatic heterocycles. The van der Waals surface area contributed by atoms with Gasteiger partial charge in [0.15, 0.2) is 24.2 Å². The minimum absolute atomic E-state index is 0.183. The van der Waals surface area contributed by atoms with Crippen LogP contribution in [0.4, 0.5) is 0 Å². The summed E-state index contributed by atoms with van der Waals surface area (Å²) in [5.74, 6) is 0.853. The molecule has 0 saturated heterocycles. The summed E-state index contributed by atoms with van der Waals surface area (Å²) in [5.41, 5.74) is 2.49. The van der Waals surface area contributed by atoms with Crippen molar-refractivity contribution in [2.75, 3.05) is 20.3 Å². The third-order valence-corrected chi connectivity index (χ3v) is 5.34. The van der Waals surface area contributed by atoms with Gasteiger partial charge in [-0.1, -0.05) is 12.1 Å². The number of nitrogens with zero attached hydrogens (tertiary/aromatic N) is 2. The monoisotopic (exact) mass is 436 g/mol. The molecule has 0 radical (unpaired) electrons. The average molecular weight is 436 g/mol. The van der Waals surface area contributed by atoms with Gasteiger partial charge < -0.3 is 23.5 Å². The van der Waals surface area contributed by atoms with E-state index in [0.717, 1.165) is 17.1 Å². The smallest absolute Gasteiger partial charge is 0.338 e. The Morgan fingerprint density at radius 2 is 1.94 bits per heavy atom. The van der Waals surface area contributed by atoms with Crippen LogP contribution < -0.4 is 14.2 Å². The lowest BCUT2D eigenvalue weighted by Crippen LogP contribution is -2.33. The lowest BCUT2D eigenvalue weighted by molar-refractivity contribution is 0.0474. The van der Waals surface area contributed by atoms with Gasteiger partial charge in [0.1, 0.15) is 6.61 Å². The molecule has 0 N–H and O–H groups in total. The number of ether oxygens (including phenoxy) is 4. The molecule has 0 fully saturated rings. The molecule has 1 atom stereocenters. The molecular formula is C24H24N2O6. The van der Waals surface area contributed by atoms with Gasteiger partial charge in [0.25, 0.3) is 0 Å². The lowest BCUT2D eigenvalue weighted by atomic mass is 10.1. The number of benzene rings is 1. The average Bonchev–Trinajstić information content (AvgIpc) is 3.10. The number of pyridine rings is 1. The number of para-hydroxylation sites is 2. The number of carbonyl (C=O) groups is 2. The molecule has 166 valence electrons. The molecule has 1 aliphatic heterocycles. The standard InChI is InChI=1S/C24H24N2O6/c1-15-10-19(20(27)14-31-24(28)17-8-9-25-23(11-17)29-3)16(2)26(15)12-18-13-30-21-6-4-5-7-22(21)32-18/h4-11,18H,12-14H2,1-3H3/t18-/m1/s1. The highest BCUT2D eigenvalue weighted by atomic mass is 16.6. The van der Waals surface area contributed by atoms with Crippen molar-refractivity contribution in [2.45, 2.75) is 26.5 Å². The number of fused-ring (bicyclic) bond motifs is 1. The summed E-state index contributed by atoms with van der Waals surface area (Å²) in [6, 6.07) is 12.3. The van der Waals surface area contributed by atoms with Gasteiger partial charge in [-0.25, -0.2) is 9.78 Å². The van der Waals surface area contributed by atoms with Gasteiger partial charge in [0.05, 0.1) is 19.2 Å². The minimum atomic E-state index is -0.612. The third-order valence-electron chi connectivity index (χ3n) is 5.34. The van der Waals surface area contributed by atoms with Crippen LogP contribution >= 0.6 is 0 Å². The van der Waals surface area contributed by atoms with Gasteiger partial charge >= 0.3 is 5.97 Å². The quantitative estimate of drug-likeness (QED) is 0.414. The van der Waals surface area contributed by atoms with E-state index in [2.05, 4.69) is 4.98 Å². The van der Waals surface area contributed by atoms with Gasteiger partial charge in [0.2, 0.25) is 11.7 Å². The summed E-state index contributed by atoms with van der Waals surface area (Å²) in [7, 11) is 1.46. The fraction of sp³-hybridized carbons (Fsp3) is 0.292. The van der Waals surface area contributed by atoms with Crippen LogP contribution in [-0.4, -0.2) is 47.7 Å². The van der Waals surface area contributed by atoms with Crippen molar-refractivity contribution < 1.29 is 28.5 Å². The van der Waals surface area contributed by atoms with E-state index in [1.54, 1.807) is 6.07 Å². The van der Waals surface area contributed by atoms with Crippen molar-refractivity contribution in [3.63, 3.8) is 0 Å². The minimum Gasteiger partial charge on any atom is -0.486 e. The molecule has 0 spiro atoms.